The molecule has 0 aliphatic carbocycles. The molecule has 0 saturated carbocycles. The van der Waals surface area contributed by atoms with Crippen LogP contribution in [0.25, 0.3) is 0 Å². The molecular formula is C15H13BrN2O. The van der Waals surface area contributed by atoms with Crippen molar-refractivity contribution < 1.29 is 4.79 Å². The average molecular weight is 317 g/mol. The van der Waals surface area contributed by atoms with Crippen LogP contribution in [0.1, 0.15) is 12.0 Å². The van der Waals surface area contributed by atoms with Gasteiger partial charge >= 0.3 is 0 Å². The minimum Gasteiger partial charge on any atom is -0.271 e. The Morgan fingerprint density at radius 1 is 1.00 bits per heavy atom. The highest BCUT2D eigenvalue weighted by Gasteiger charge is 2.00. The van der Waals surface area contributed by atoms with Crippen LogP contribution in [0.5, 0.6) is 0 Å². The monoisotopic (exact) mass is 316 g/mol. The Labute approximate surface area is 120 Å². The zero-order valence-corrected chi connectivity index (χ0v) is 11.9. The molecular weight excluding hydrogens is 304 g/mol. The molecule has 2 aromatic rings. The van der Waals surface area contributed by atoms with Crippen LogP contribution in [-0.2, 0) is 11.2 Å². The fourth-order valence-corrected chi connectivity index (χ4v) is 1.83. The second-order valence-electron chi connectivity index (χ2n) is 4.06. The number of aryl methyl sites for hydroxylation is 1. The molecule has 0 aliphatic heterocycles. The van der Waals surface area contributed by atoms with Crippen molar-refractivity contribution in [2.75, 3.05) is 0 Å². The van der Waals surface area contributed by atoms with E-state index in [4.69, 9.17) is 0 Å². The second-order valence-corrected chi connectivity index (χ2v) is 4.97. The molecule has 0 radical (unpaired) electrons. The summed E-state index contributed by atoms with van der Waals surface area (Å²) < 4.78 is 0.974. The molecule has 0 aromatic heterocycles. The molecule has 0 spiro atoms. The molecule has 0 N–H and O–H groups in total. The van der Waals surface area contributed by atoms with Crippen molar-refractivity contribution >= 4 is 27.5 Å². The zero-order valence-electron chi connectivity index (χ0n) is 10.3. The lowest BCUT2D eigenvalue weighted by Crippen LogP contribution is -1.95. The summed E-state index contributed by atoms with van der Waals surface area (Å²) in [5, 5.41) is 7.62. The van der Waals surface area contributed by atoms with Gasteiger partial charge in [-0.2, -0.15) is 0 Å². The van der Waals surface area contributed by atoms with Gasteiger partial charge in [0.2, 0.25) is 0 Å². The van der Waals surface area contributed by atoms with Crippen LogP contribution in [0.2, 0.25) is 0 Å². The van der Waals surface area contributed by atoms with Crippen LogP contribution in [0.4, 0.5) is 5.69 Å². The van der Waals surface area contributed by atoms with E-state index in [9.17, 15) is 4.79 Å². The molecule has 19 heavy (non-hydrogen) atoms. The predicted molar refractivity (Wildman–Crippen MR) is 78.4 cm³/mol. The van der Waals surface area contributed by atoms with E-state index in [1.807, 2.05) is 42.5 Å². The first kappa shape index (κ1) is 13.6. The smallest absolute Gasteiger partial charge is 0.265 e. The summed E-state index contributed by atoms with van der Waals surface area (Å²) in [5.74, 6) is -0.202. The van der Waals surface area contributed by atoms with E-state index < -0.39 is 0 Å². The first-order valence-electron chi connectivity index (χ1n) is 5.98. The Bertz CT molecular complexity index is 564. The van der Waals surface area contributed by atoms with Crippen LogP contribution in [0.15, 0.2) is 69.3 Å². The quantitative estimate of drug-likeness (QED) is 0.754. The Hall–Kier alpha value is -1.81. The minimum absolute atomic E-state index is 0.202. The van der Waals surface area contributed by atoms with Crippen LogP contribution in [0, 0.1) is 0 Å². The number of hydrogen-bond acceptors (Lipinski definition) is 2. The molecule has 0 heterocycles. The number of halogens is 1. The fraction of sp³-hybridized carbons (Fsp3) is 0.133. The van der Waals surface area contributed by atoms with Crippen LogP contribution < -0.4 is 0 Å². The number of benzene rings is 2. The van der Waals surface area contributed by atoms with Gasteiger partial charge in [-0.15, -0.1) is 10.2 Å². The molecule has 0 bridgehead atoms. The third-order valence-corrected chi connectivity index (χ3v) is 3.10. The van der Waals surface area contributed by atoms with E-state index in [0.29, 0.717) is 18.5 Å². The van der Waals surface area contributed by atoms with E-state index in [1.165, 1.54) is 0 Å². The number of nitrogens with zero attached hydrogens (tertiary/aromatic N) is 2. The Morgan fingerprint density at radius 2 is 1.68 bits per heavy atom. The SMILES string of the molecule is O=C(CCc1ccccc1)N=Nc1ccc(Br)cc1. The summed E-state index contributed by atoms with van der Waals surface area (Å²) in [4.78, 5) is 11.6. The molecule has 1 amide bonds. The van der Waals surface area contributed by atoms with Gasteiger partial charge in [-0.3, -0.25) is 4.79 Å². The molecule has 4 heteroatoms. The van der Waals surface area contributed by atoms with Gasteiger partial charge in [0, 0.05) is 10.9 Å². The summed E-state index contributed by atoms with van der Waals surface area (Å²) in [5.41, 5.74) is 1.81. The lowest BCUT2D eigenvalue weighted by atomic mass is 10.1. The van der Waals surface area contributed by atoms with Crippen molar-refractivity contribution in [3.05, 3.63) is 64.6 Å². The van der Waals surface area contributed by atoms with Crippen LogP contribution in [-0.4, -0.2) is 5.91 Å². The summed E-state index contributed by atoms with van der Waals surface area (Å²) in [7, 11) is 0. The molecule has 0 fully saturated rings. The van der Waals surface area contributed by atoms with E-state index in [0.717, 1.165) is 10.0 Å². The maximum absolute atomic E-state index is 11.6. The molecule has 2 aromatic carbocycles. The van der Waals surface area contributed by atoms with Gasteiger partial charge in [-0.05, 0) is 36.2 Å². The summed E-state index contributed by atoms with van der Waals surface area (Å²) >= 11 is 3.34. The predicted octanol–water partition coefficient (Wildman–Crippen LogP) is 4.69. The number of amides is 1. The van der Waals surface area contributed by atoms with Crippen molar-refractivity contribution in [3.8, 4) is 0 Å². The Morgan fingerprint density at radius 3 is 2.37 bits per heavy atom. The largest absolute Gasteiger partial charge is 0.271 e. The highest BCUT2D eigenvalue weighted by Crippen LogP contribution is 2.17. The third kappa shape index (κ3) is 4.75. The topological polar surface area (TPSA) is 41.8 Å². The molecule has 96 valence electrons. The Balaban J connectivity index is 1.86. The number of azo groups is 1. The molecule has 0 aliphatic rings. The summed E-state index contributed by atoms with van der Waals surface area (Å²) in [6.07, 6.45) is 1.07. The van der Waals surface area contributed by atoms with Gasteiger partial charge in [0.05, 0.1) is 5.69 Å². The first-order valence-corrected chi connectivity index (χ1v) is 6.77. The summed E-state index contributed by atoms with van der Waals surface area (Å²) in [6, 6.07) is 17.2. The van der Waals surface area contributed by atoms with Crippen molar-refractivity contribution in [1.29, 1.82) is 0 Å². The lowest BCUT2D eigenvalue weighted by molar-refractivity contribution is -0.118. The van der Waals surface area contributed by atoms with E-state index >= 15 is 0 Å². The van der Waals surface area contributed by atoms with E-state index in [-0.39, 0.29) is 5.91 Å². The van der Waals surface area contributed by atoms with Gasteiger partial charge in [-0.1, -0.05) is 46.3 Å². The van der Waals surface area contributed by atoms with Gasteiger partial charge in [-0.25, -0.2) is 0 Å². The number of carbonyl (C=O) groups is 1. The normalized spacial score (nSPS) is 10.8. The molecule has 0 unspecified atom stereocenters. The van der Waals surface area contributed by atoms with Crippen LogP contribution in [0.3, 0.4) is 0 Å². The van der Waals surface area contributed by atoms with Gasteiger partial charge in [0.25, 0.3) is 5.91 Å². The van der Waals surface area contributed by atoms with E-state index in [1.54, 1.807) is 12.1 Å². The second kappa shape index (κ2) is 6.95. The Kier molecular flexibility index (Phi) is 4.98. The van der Waals surface area contributed by atoms with Crippen molar-refractivity contribution in [2.45, 2.75) is 12.8 Å². The number of carbonyl (C=O) groups excluding carboxylic acids is 1. The lowest BCUT2D eigenvalue weighted by Gasteiger charge is -1.97. The molecule has 3 nitrogen and oxygen atoms in total. The summed E-state index contributed by atoms with van der Waals surface area (Å²) in [6.45, 7) is 0. The van der Waals surface area contributed by atoms with Gasteiger partial charge < -0.3 is 0 Å². The standard InChI is InChI=1S/C15H13BrN2O/c16-13-7-9-14(10-8-13)17-18-15(19)11-6-12-4-2-1-3-5-12/h1-5,7-10H,6,11H2. The minimum atomic E-state index is -0.202. The highest BCUT2D eigenvalue weighted by atomic mass is 79.9. The first-order chi connectivity index (χ1) is 9.24. The molecule has 0 atom stereocenters. The van der Waals surface area contributed by atoms with Gasteiger partial charge in [0.1, 0.15) is 0 Å². The third-order valence-electron chi connectivity index (χ3n) is 2.57. The maximum atomic E-state index is 11.6. The number of hydrogen-bond donors (Lipinski definition) is 0. The van der Waals surface area contributed by atoms with E-state index in [2.05, 4.69) is 26.2 Å². The van der Waals surface area contributed by atoms with Crippen molar-refractivity contribution in [2.24, 2.45) is 10.2 Å². The van der Waals surface area contributed by atoms with Gasteiger partial charge in [0.15, 0.2) is 0 Å². The zero-order chi connectivity index (χ0) is 13.5. The molecule has 0 saturated heterocycles. The van der Waals surface area contributed by atoms with Crippen LogP contribution >= 0.6 is 15.9 Å². The fourth-order valence-electron chi connectivity index (χ4n) is 1.57. The number of rotatable bonds is 4. The highest BCUT2D eigenvalue weighted by molar-refractivity contribution is 9.10. The molecule has 2 rings (SSSR count). The maximum Gasteiger partial charge on any atom is 0.265 e. The van der Waals surface area contributed by atoms with Crippen molar-refractivity contribution in [1.82, 2.24) is 0 Å². The van der Waals surface area contributed by atoms with Crippen molar-refractivity contribution in [3.63, 3.8) is 0 Å². The average Bonchev–Trinajstić information content (AvgIpc) is 2.45.